The second-order valence-electron chi connectivity index (χ2n) is 11.6. The summed E-state index contributed by atoms with van der Waals surface area (Å²) in [6, 6.07) is 24.1. The molecule has 4 aromatic carbocycles. The number of non-ortho nitro benzene ring substituents is 1. The minimum absolute atomic E-state index is 0.00164. The Hall–Kier alpha value is -5.55. The molecule has 0 bridgehead atoms. The van der Waals surface area contributed by atoms with E-state index in [4.69, 9.17) is 0 Å². The van der Waals surface area contributed by atoms with Crippen LogP contribution in [-0.4, -0.2) is 43.0 Å². The number of aromatic hydroxyl groups is 1. The summed E-state index contributed by atoms with van der Waals surface area (Å²) in [6.45, 7) is 2.79. The van der Waals surface area contributed by atoms with E-state index in [1.54, 1.807) is 12.1 Å². The lowest BCUT2D eigenvalue weighted by Crippen LogP contribution is -2.57. The number of para-hydroxylation sites is 1. The lowest BCUT2D eigenvalue weighted by molar-refractivity contribution is -0.384. The number of nitrogens with one attached hydrogen (secondary N) is 1. The van der Waals surface area contributed by atoms with Crippen molar-refractivity contribution in [3.63, 3.8) is 0 Å². The largest absolute Gasteiger partial charge is 0.508 e. The molecule has 5 aromatic rings. The van der Waals surface area contributed by atoms with E-state index in [1.807, 2.05) is 42.5 Å². The molecule has 0 spiro atoms. The number of aliphatic carboxylic acids is 1. The highest BCUT2D eigenvalue weighted by atomic mass is 16.6. The van der Waals surface area contributed by atoms with Crippen LogP contribution >= 0.6 is 0 Å². The van der Waals surface area contributed by atoms with Gasteiger partial charge in [-0.05, 0) is 54.4 Å². The van der Waals surface area contributed by atoms with Crippen molar-refractivity contribution in [1.29, 1.82) is 0 Å². The fourth-order valence-corrected chi connectivity index (χ4v) is 7.27. The lowest BCUT2D eigenvalue weighted by atomic mass is 9.76. The average Bonchev–Trinajstić information content (AvgIpc) is 3.64. The Kier molecular flexibility index (Phi) is 6.45. The first kappa shape index (κ1) is 28.2. The molecule has 4 atom stereocenters. The third-order valence-electron chi connectivity index (χ3n) is 9.23. The van der Waals surface area contributed by atoms with E-state index >= 15 is 0 Å². The maximum atomic E-state index is 14.3. The van der Waals surface area contributed by atoms with Gasteiger partial charge in [0.1, 0.15) is 11.3 Å². The summed E-state index contributed by atoms with van der Waals surface area (Å²) >= 11 is 0. The molecule has 2 aliphatic rings. The third kappa shape index (κ3) is 4.19. The number of carboxylic acids is 1. The highest BCUT2D eigenvalue weighted by Crippen LogP contribution is 2.51. The van der Waals surface area contributed by atoms with Crippen molar-refractivity contribution >= 4 is 51.0 Å². The van der Waals surface area contributed by atoms with E-state index in [9.17, 15) is 34.7 Å². The van der Waals surface area contributed by atoms with Gasteiger partial charge in [0.2, 0.25) is 11.8 Å². The molecule has 4 unspecified atom stereocenters. The Morgan fingerprint density at radius 1 is 0.933 bits per heavy atom. The number of aryl methyl sites for hydroxylation is 1. The molecule has 7 rings (SSSR count). The van der Waals surface area contributed by atoms with E-state index in [1.165, 1.54) is 30.3 Å². The van der Waals surface area contributed by atoms with Crippen LogP contribution in [0.15, 0.2) is 91.0 Å². The highest BCUT2D eigenvalue weighted by Gasteiger charge is 2.68. The topological polar surface area (TPSA) is 155 Å². The molecule has 2 fully saturated rings. The van der Waals surface area contributed by atoms with Crippen LogP contribution in [0.3, 0.4) is 0 Å². The van der Waals surface area contributed by atoms with Crippen LogP contribution in [0.25, 0.3) is 21.8 Å². The van der Waals surface area contributed by atoms with Crippen molar-refractivity contribution in [2.75, 3.05) is 4.90 Å². The van der Waals surface area contributed by atoms with Crippen molar-refractivity contribution in [3.8, 4) is 5.75 Å². The van der Waals surface area contributed by atoms with Crippen LogP contribution in [0.1, 0.15) is 24.1 Å². The van der Waals surface area contributed by atoms with Crippen molar-refractivity contribution in [2.45, 2.75) is 31.5 Å². The van der Waals surface area contributed by atoms with Gasteiger partial charge in [-0.25, -0.2) is 4.90 Å². The molecule has 0 radical (unpaired) electrons. The first-order chi connectivity index (χ1) is 21.6. The fourth-order valence-electron chi connectivity index (χ4n) is 7.27. The summed E-state index contributed by atoms with van der Waals surface area (Å²) in [6.07, 6.45) is -0.153. The van der Waals surface area contributed by atoms with Gasteiger partial charge in [0.25, 0.3) is 5.69 Å². The Labute approximate surface area is 256 Å². The van der Waals surface area contributed by atoms with Gasteiger partial charge in [-0.2, -0.15) is 0 Å². The molecule has 45 heavy (non-hydrogen) atoms. The number of nitro groups is 1. The van der Waals surface area contributed by atoms with Gasteiger partial charge in [-0.3, -0.25) is 29.8 Å². The molecule has 2 saturated heterocycles. The Morgan fingerprint density at radius 2 is 1.67 bits per heavy atom. The maximum absolute atomic E-state index is 14.3. The zero-order valence-electron chi connectivity index (χ0n) is 24.1. The van der Waals surface area contributed by atoms with Crippen LogP contribution in [0, 0.1) is 22.0 Å². The number of imide groups is 1. The van der Waals surface area contributed by atoms with E-state index in [-0.39, 0.29) is 23.5 Å². The van der Waals surface area contributed by atoms with E-state index in [0.29, 0.717) is 11.1 Å². The number of phenols is 1. The summed E-state index contributed by atoms with van der Waals surface area (Å²) in [7, 11) is 0. The number of fused-ring (bicyclic) bond motifs is 4. The predicted molar refractivity (Wildman–Crippen MR) is 166 cm³/mol. The quantitative estimate of drug-likeness (QED) is 0.134. The maximum Gasteiger partial charge on any atom is 0.325 e. The van der Waals surface area contributed by atoms with E-state index < -0.39 is 46.1 Å². The number of carboxylic acid groups (broad SMARTS) is 1. The average molecular weight is 605 g/mol. The normalized spacial score (nSPS) is 22.8. The smallest absolute Gasteiger partial charge is 0.325 e. The lowest BCUT2D eigenvalue weighted by Gasteiger charge is -2.31. The molecule has 0 aliphatic carbocycles. The fraction of sp³-hybridized carbons (Fsp3) is 0.206. The Bertz CT molecular complexity index is 2050. The molecule has 11 heteroatoms. The van der Waals surface area contributed by atoms with E-state index in [2.05, 4.69) is 16.8 Å². The highest BCUT2D eigenvalue weighted by molar-refractivity contribution is 6.24. The number of benzene rings is 4. The SMILES string of the molecule is CCn1c2ccccc2c2cc(C3NC(Cc4ccc(O)cc4)(C(=O)O)C4C(=O)N(c5cccc([N+](=O)[O-])c5)C(=O)C34)ccc21. The number of phenolic OH excluding ortho intramolecular Hbond substituents is 1. The molecule has 3 N–H and O–H groups in total. The molecule has 11 nitrogen and oxygen atoms in total. The number of hydrogen-bond acceptors (Lipinski definition) is 7. The summed E-state index contributed by atoms with van der Waals surface area (Å²) in [5.74, 6) is -5.12. The molecular weight excluding hydrogens is 576 g/mol. The molecule has 2 aliphatic heterocycles. The summed E-state index contributed by atoms with van der Waals surface area (Å²) in [5.41, 5.74) is 1.02. The van der Waals surface area contributed by atoms with Crippen molar-refractivity contribution in [3.05, 3.63) is 112 Å². The molecular formula is C34H28N4O7. The number of nitrogens with zero attached hydrogens (tertiary/aromatic N) is 3. The van der Waals surface area contributed by atoms with Gasteiger partial charge in [-0.1, -0.05) is 42.5 Å². The summed E-state index contributed by atoms with van der Waals surface area (Å²) in [5, 5.41) is 37.3. The number of aromatic nitrogens is 1. The van der Waals surface area contributed by atoms with Crippen LogP contribution < -0.4 is 10.2 Å². The number of hydrogen-bond donors (Lipinski definition) is 3. The number of nitro benzene ring substituents is 1. The van der Waals surface area contributed by atoms with E-state index in [0.717, 1.165) is 39.3 Å². The van der Waals surface area contributed by atoms with Crippen LogP contribution in [0.4, 0.5) is 11.4 Å². The Morgan fingerprint density at radius 3 is 2.38 bits per heavy atom. The number of carbonyl (C=O) groups is 3. The zero-order chi connectivity index (χ0) is 31.6. The molecule has 2 amide bonds. The van der Waals surface area contributed by atoms with Gasteiger partial charge in [0, 0.05) is 52.9 Å². The Balaban J connectivity index is 1.41. The summed E-state index contributed by atoms with van der Waals surface area (Å²) < 4.78 is 2.18. The first-order valence-corrected chi connectivity index (χ1v) is 14.6. The summed E-state index contributed by atoms with van der Waals surface area (Å²) in [4.78, 5) is 53.6. The molecule has 226 valence electrons. The predicted octanol–water partition coefficient (Wildman–Crippen LogP) is 4.94. The molecule has 3 heterocycles. The minimum Gasteiger partial charge on any atom is -0.508 e. The van der Waals surface area contributed by atoms with Crippen molar-refractivity contribution in [2.24, 2.45) is 11.8 Å². The van der Waals surface area contributed by atoms with Gasteiger partial charge in [0.15, 0.2) is 0 Å². The van der Waals surface area contributed by atoms with Gasteiger partial charge in [-0.15, -0.1) is 0 Å². The number of anilines is 1. The van der Waals surface area contributed by atoms with Crippen molar-refractivity contribution < 1.29 is 29.5 Å². The molecule has 1 aromatic heterocycles. The molecule has 0 saturated carbocycles. The zero-order valence-corrected chi connectivity index (χ0v) is 24.1. The minimum atomic E-state index is -1.90. The van der Waals surface area contributed by atoms with Crippen molar-refractivity contribution in [1.82, 2.24) is 9.88 Å². The van der Waals surface area contributed by atoms with Gasteiger partial charge in [0.05, 0.1) is 22.4 Å². The second kappa shape index (κ2) is 10.3. The number of rotatable bonds is 7. The first-order valence-electron chi connectivity index (χ1n) is 14.6. The van der Waals surface area contributed by atoms with Gasteiger partial charge < -0.3 is 14.8 Å². The number of carbonyl (C=O) groups excluding carboxylic acids is 2. The number of amides is 2. The van der Waals surface area contributed by atoms with Gasteiger partial charge >= 0.3 is 5.97 Å². The van der Waals surface area contributed by atoms with Crippen LogP contribution in [0.2, 0.25) is 0 Å². The monoisotopic (exact) mass is 604 g/mol. The third-order valence-corrected chi connectivity index (χ3v) is 9.23. The second-order valence-corrected chi connectivity index (χ2v) is 11.6. The van der Waals surface area contributed by atoms with Crippen LogP contribution in [-0.2, 0) is 27.3 Å². The van der Waals surface area contributed by atoms with Crippen LogP contribution in [0.5, 0.6) is 5.75 Å². The standard InChI is InChI=1S/C34H28N4O7/c1-2-36-26-9-4-3-8-24(26)25-16-20(12-15-27(25)36)30-28-29(34(35-30,33(42)43)18-19-10-13-23(39)14-11-19)32(41)37(31(28)40)21-6-5-7-22(17-21)38(44)45/h3-17,28-30,35,39H,2,18H2,1H3,(H,42,43).